The van der Waals surface area contributed by atoms with E-state index in [2.05, 4.69) is 0 Å². The average Bonchev–Trinajstić information content (AvgIpc) is 2.39. The highest BCUT2D eigenvalue weighted by molar-refractivity contribution is 5.77. The van der Waals surface area contributed by atoms with Gasteiger partial charge in [-0.3, -0.25) is 4.79 Å². The fraction of sp³-hybridized carbons (Fsp3) is 0.235. The minimum atomic E-state index is -0.531. The Kier molecular flexibility index (Phi) is 4.08. The summed E-state index contributed by atoms with van der Waals surface area (Å²) in [5, 5.41) is 0. The summed E-state index contributed by atoms with van der Waals surface area (Å²) >= 11 is 0. The second-order valence-electron chi connectivity index (χ2n) is 5.53. The maximum Gasteiger partial charge on any atom is 0.316 e. The van der Waals surface area contributed by atoms with E-state index in [-0.39, 0.29) is 5.97 Å². The molecule has 0 saturated carbocycles. The molecule has 0 bridgehead atoms. The third kappa shape index (κ3) is 3.85. The molecule has 0 aliphatic carbocycles. The van der Waals surface area contributed by atoms with Crippen LogP contribution in [-0.4, -0.2) is 5.97 Å². The number of para-hydroxylation sites is 1. The third-order valence-corrected chi connectivity index (χ3v) is 2.61. The van der Waals surface area contributed by atoms with Gasteiger partial charge >= 0.3 is 5.97 Å². The molecule has 0 radical (unpaired) electrons. The van der Waals surface area contributed by atoms with E-state index >= 15 is 0 Å². The zero-order chi connectivity index (χ0) is 14.6. The lowest BCUT2D eigenvalue weighted by Gasteiger charge is -2.16. The van der Waals surface area contributed by atoms with E-state index in [1.165, 1.54) is 0 Å². The Labute approximate surface area is 119 Å². The molecule has 0 N–H and O–H groups in total. The Morgan fingerprint density at radius 3 is 2.10 bits per heavy atom. The normalized spacial score (nSPS) is 10.9. The molecule has 2 rings (SSSR count). The summed E-state index contributed by atoms with van der Waals surface area (Å²) in [7, 11) is 0. The highest BCUT2D eigenvalue weighted by atomic mass is 16.5. The van der Waals surface area contributed by atoms with Gasteiger partial charge in [0.2, 0.25) is 0 Å². The van der Waals surface area contributed by atoms with Crippen molar-refractivity contribution < 1.29 is 14.3 Å². The summed E-state index contributed by atoms with van der Waals surface area (Å²) in [4.78, 5) is 11.8. The lowest BCUT2D eigenvalue weighted by molar-refractivity contribution is -0.142. The van der Waals surface area contributed by atoms with Crippen molar-refractivity contribution in [2.75, 3.05) is 0 Å². The SMILES string of the molecule is CC(C)(C)C(=O)Oc1cccc(Oc2ccccc2)c1. The van der Waals surface area contributed by atoms with Crippen LogP contribution in [0.15, 0.2) is 54.6 Å². The number of carbonyl (C=O) groups excluding carboxylic acids is 1. The smallest absolute Gasteiger partial charge is 0.316 e. The molecule has 0 amide bonds. The van der Waals surface area contributed by atoms with Gasteiger partial charge in [0.25, 0.3) is 0 Å². The molecule has 2 aromatic carbocycles. The number of esters is 1. The molecule has 0 heterocycles. The van der Waals surface area contributed by atoms with E-state index in [1.807, 2.05) is 57.2 Å². The maximum absolute atomic E-state index is 11.8. The van der Waals surface area contributed by atoms with Crippen LogP contribution < -0.4 is 9.47 Å². The molecule has 0 atom stereocenters. The van der Waals surface area contributed by atoms with E-state index in [0.29, 0.717) is 11.5 Å². The standard InChI is InChI=1S/C17H18O3/c1-17(2,3)16(18)20-15-11-7-10-14(12-15)19-13-8-5-4-6-9-13/h4-12H,1-3H3. The van der Waals surface area contributed by atoms with Gasteiger partial charge in [0.15, 0.2) is 0 Å². The molecule has 0 aromatic heterocycles. The number of rotatable bonds is 3. The van der Waals surface area contributed by atoms with Gasteiger partial charge in [-0.25, -0.2) is 0 Å². The average molecular weight is 270 g/mol. The molecule has 3 nitrogen and oxygen atoms in total. The largest absolute Gasteiger partial charge is 0.457 e. The Bertz CT molecular complexity index is 583. The van der Waals surface area contributed by atoms with Crippen molar-refractivity contribution in [2.24, 2.45) is 5.41 Å². The topological polar surface area (TPSA) is 35.5 Å². The molecule has 0 fully saturated rings. The Morgan fingerprint density at radius 2 is 1.45 bits per heavy atom. The van der Waals surface area contributed by atoms with E-state index in [1.54, 1.807) is 18.2 Å². The van der Waals surface area contributed by atoms with Crippen molar-refractivity contribution >= 4 is 5.97 Å². The zero-order valence-corrected chi connectivity index (χ0v) is 11.9. The number of ether oxygens (including phenoxy) is 2. The number of hydrogen-bond donors (Lipinski definition) is 0. The van der Waals surface area contributed by atoms with Crippen LogP contribution in [0.3, 0.4) is 0 Å². The molecule has 2 aromatic rings. The van der Waals surface area contributed by atoms with Crippen molar-refractivity contribution in [3.8, 4) is 17.2 Å². The predicted octanol–water partition coefficient (Wildman–Crippen LogP) is 4.43. The number of hydrogen-bond acceptors (Lipinski definition) is 3. The molecule has 0 saturated heterocycles. The Morgan fingerprint density at radius 1 is 0.850 bits per heavy atom. The van der Waals surface area contributed by atoms with Crippen molar-refractivity contribution in [3.63, 3.8) is 0 Å². The second-order valence-corrected chi connectivity index (χ2v) is 5.53. The minimum absolute atomic E-state index is 0.269. The fourth-order valence-corrected chi connectivity index (χ4v) is 1.49. The molecule has 0 unspecified atom stereocenters. The monoisotopic (exact) mass is 270 g/mol. The van der Waals surface area contributed by atoms with Gasteiger partial charge < -0.3 is 9.47 Å². The van der Waals surface area contributed by atoms with Crippen molar-refractivity contribution in [1.29, 1.82) is 0 Å². The van der Waals surface area contributed by atoms with Crippen LogP contribution in [-0.2, 0) is 4.79 Å². The van der Waals surface area contributed by atoms with Gasteiger partial charge in [-0.05, 0) is 45.0 Å². The Hall–Kier alpha value is -2.29. The quantitative estimate of drug-likeness (QED) is 0.611. The first-order valence-corrected chi connectivity index (χ1v) is 6.50. The van der Waals surface area contributed by atoms with Crippen molar-refractivity contribution in [3.05, 3.63) is 54.6 Å². The van der Waals surface area contributed by atoms with Crippen LogP contribution >= 0.6 is 0 Å². The second kappa shape index (κ2) is 5.78. The highest BCUT2D eigenvalue weighted by Gasteiger charge is 2.23. The van der Waals surface area contributed by atoms with Crippen LogP contribution in [0.5, 0.6) is 17.2 Å². The van der Waals surface area contributed by atoms with Gasteiger partial charge in [0.05, 0.1) is 5.41 Å². The molecule has 20 heavy (non-hydrogen) atoms. The predicted molar refractivity (Wildman–Crippen MR) is 78.0 cm³/mol. The summed E-state index contributed by atoms with van der Waals surface area (Å²) < 4.78 is 11.0. The zero-order valence-electron chi connectivity index (χ0n) is 11.9. The number of carbonyl (C=O) groups is 1. The number of benzene rings is 2. The lowest BCUT2D eigenvalue weighted by atomic mass is 9.97. The van der Waals surface area contributed by atoms with Crippen LogP contribution in [0.1, 0.15) is 20.8 Å². The van der Waals surface area contributed by atoms with E-state index in [4.69, 9.17) is 9.47 Å². The molecule has 104 valence electrons. The molecular formula is C17H18O3. The molecule has 0 spiro atoms. The summed E-state index contributed by atoms with van der Waals surface area (Å²) in [6, 6.07) is 16.5. The summed E-state index contributed by atoms with van der Waals surface area (Å²) in [5.41, 5.74) is -0.531. The minimum Gasteiger partial charge on any atom is -0.457 e. The summed E-state index contributed by atoms with van der Waals surface area (Å²) in [6.07, 6.45) is 0. The van der Waals surface area contributed by atoms with Crippen LogP contribution in [0.25, 0.3) is 0 Å². The van der Waals surface area contributed by atoms with Gasteiger partial charge in [0, 0.05) is 6.07 Å². The van der Waals surface area contributed by atoms with Crippen LogP contribution in [0, 0.1) is 5.41 Å². The van der Waals surface area contributed by atoms with E-state index < -0.39 is 5.41 Å². The van der Waals surface area contributed by atoms with Gasteiger partial charge in [-0.2, -0.15) is 0 Å². The van der Waals surface area contributed by atoms with Gasteiger partial charge in [-0.1, -0.05) is 24.3 Å². The van der Waals surface area contributed by atoms with Crippen LogP contribution in [0.2, 0.25) is 0 Å². The van der Waals surface area contributed by atoms with Crippen molar-refractivity contribution in [1.82, 2.24) is 0 Å². The molecular weight excluding hydrogens is 252 g/mol. The summed E-state index contributed by atoms with van der Waals surface area (Å²) in [6.45, 7) is 5.46. The van der Waals surface area contributed by atoms with E-state index in [9.17, 15) is 4.79 Å². The van der Waals surface area contributed by atoms with Gasteiger partial charge in [-0.15, -0.1) is 0 Å². The lowest BCUT2D eigenvalue weighted by Crippen LogP contribution is -2.25. The maximum atomic E-state index is 11.8. The van der Waals surface area contributed by atoms with E-state index in [0.717, 1.165) is 5.75 Å². The first-order chi connectivity index (χ1) is 9.45. The first-order valence-electron chi connectivity index (χ1n) is 6.50. The molecule has 3 heteroatoms. The third-order valence-electron chi connectivity index (χ3n) is 2.61. The first kappa shape index (κ1) is 14.1. The van der Waals surface area contributed by atoms with Gasteiger partial charge in [0.1, 0.15) is 17.2 Å². The highest BCUT2D eigenvalue weighted by Crippen LogP contribution is 2.26. The molecule has 0 aliphatic rings. The van der Waals surface area contributed by atoms with Crippen molar-refractivity contribution in [2.45, 2.75) is 20.8 Å². The Balaban J connectivity index is 2.10. The summed E-state index contributed by atoms with van der Waals surface area (Å²) in [5.74, 6) is 1.59. The molecule has 0 aliphatic heterocycles. The van der Waals surface area contributed by atoms with Crippen LogP contribution in [0.4, 0.5) is 0 Å². The fourth-order valence-electron chi connectivity index (χ4n) is 1.49.